The van der Waals surface area contributed by atoms with Crippen LogP contribution in [0.25, 0.3) is 0 Å². The summed E-state index contributed by atoms with van der Waals surface area (Å²) in [5.41, 5.74) is 0.426. The van der Waals surface area contributed by atoms with Gasteiger partial charge >= 0.3 is 5.97 Å². The minimum atomic E-state index is -3.80. The smallest absolute Gasteiger partial charge is 0.304 e. The Morgan fingerprint density at radius 2 is 1.91 bits per heavy atom. The Balaban J connectivity index is 2.20. The summed E-state index contributed by atoms with van der Waals surface area (Å²) in [7, 11) is -5.81. The summed E-state index contributed by atoms with van der Waals surface area (Å²) in [5, 5.41) is 8.62. The summed E-state index contributed by atoms with van der Waals surface area (Å²) < 4.78 is 50.5. The molecule has 0 spiro atoms. The summed E-state index contributed by atoms with van der Waals surface area (Å²) >= 11 is 0. The first-order chi connectivity index (χ1) is 10.6. The predicted molar refractivity (Wildman–Crippen MR) is 84.3 cm³/mol. The van der Waals surface area contributed by atoms with Gasteiger partial charge in [-0.2, -0.15) is 0 Å². The first-order valence-electron chi connectivity index (χ1n) is 6.93. The van der Waals surface area contributed by atoms with Crippen molar-refractivity contribution in [1.29, 1.82) is 0 Å². The molecule has 1 N–H and O–H groups in total. The van der Waals surface area contributed by atoms with Crippen LogP contribution < -0.4 is 4.31 Å². The molecule has 8 nitrogen and oxygen atoms in total. The Labute approximate surface area is 135 Å². The van der Waals surface area contributed by atoms with E-state index in [0.717, 1.165) is 4.31 Å². The molecule has 1 aromatic carbocycles. The highest BCUT2D eigenvalue weighted by Gasteiger charge is 2.29. The van der Waals surface area contributed by atoms with Crippen molar-refractivity contribution in [2.45, 2.75) is 17.7 Å². The van der Waals surface area contributed by atoms with Crippen LogP contribution in [-0.2, 0) is 24.8 Å². The highest BCUT2D eigenvalue weighted by molar-refractivity contribution is 7.93. The quantitative estimate of drug-likeness (QED) is 0.780. The van der Waals surface area contributed by atoms with Gasteiger partial charge in [0, 0.05) is 20.1 Å². The van der Waals surface area contributed by atoms with Gasteiger partial charge in [-0.1, -0.05) is 0 Å². The van der Waals surface area contributed by atoms with Crippen LogP contribution in [0, 0.1) is 0 Å². The van der Waals surface area contributed by atoms with Crippen LogP contribution in [-0.4, -0.2) is 58.1 Å². The fourth-order valence-electron chi connectivity index (χ4n) is 2.27. The van der Waals surface area contributed by atoms with Crippen molar-refractivity contribution in [3.63, 3.8) is 0 Å². The van der Waals surface area contributed by atoms with Crippen LogP contribution in [0.3, 0.4) is 0 Å². The number of nitrogens with zero attached hydrogens (tertiary/aromatic N) is 2. The van der Waals surface area contributed by atoms with E-state index in [2.05, 4.69) is 0 Å². The van der Waals surface area contributed by atoms with E-state index in [1.807, 2.05) is 0 Å². The maximum absolute atomic E-state index is 12.3. The number of anilines is 1. The van der Waals surface area contributed by atoms with Gasteiger partial charge in [0.2, 0.25) is 20.0 Å². The van der Waals surface area contributed by atoms with Crippen molar-refractivity contribution in [2.75, 3.05) is 30.2 Å². The molecule has 1 aromatic rings. The van der Waals surface area contributed by atoms with E-state index in [9.17, 15) is 21.6 Å². The Hall–Kier alpha value is -1.65. The van der Waals surface area contributed by atoms with Crippen LogP contribution in [0.2, 0.25) is 0 Å². The number of aliphatic carboxylic acids is 1. The van der Waals surface area contributed by atoms with Crippen molar-refractivity contribution in [3.05, 3.63) is 24.3 Å². The molecule has 1 aliphatic rings. The molecule has 0 bridgehead atoms. The summed E-state index contributed by atoms with van der Waals surface area (Å²) in [6, 6.07) is 5.55. The van der Waals surface area contributed by atoms with Crippen molar-refractivity contribution >= 4 is 31.7 Å². The molecule has 10 heteroatoms. The van der Waals surface area contributed by atoms with Crippen molar-refractivity contribution in [1.82, 2.24) is 4.31 Å². The van der Waals surface area contributed by atoms with Gasteiger partial charge in [0.15, 0.2) is 0 Å². The number of carbonyl (C=O) groups is 1. The van der Waals surface area contributed by atoms with Gasteiger partial charge in [-0.25, -0.2) is 21.1 Å². The summed E-state index contributed by atoms with van der Waals surface area (Å²) in [4.78, 5) is 10.5. The lowest BCUT2D eigenvalue weighted by Crippen LogP contribution is -2.29. The lowest BCUT2D eigenvalue weighted by Gasteiger charge is -2.19. The lowest BCUT2D eigenvalue weighted by atomic mass is 10.3. The molecule has 1 heterocycles. The first-order valence-corrected chi connectivity index (χ1v) is 9.98. The molecule has 0 aromatic heterocycles. The molecule has 0 amide bonds. The zero-order chi connectivity index (χ0) is 17.3. The van der Waals surface area contributed by atoms with E-state index < -0.39 is 26.0 Å². The van der Waals surface area contributed by atoms with E-state index in [1.54, 1.807) is 0 Å². The molecule has 0 atom stereocenters. The van der Waals surface area contributed by atoms with Gasteiger partial charge in [0.1, 0.15) is 0 Å². The van der Waals surface area contributed by atoms with Crippen LogP contribution in [0.1, 0.15) is 12.8 Å². The van der Waals surface area contributed by atoms with Gasteiger partial charge in [0.05, 0.1) is 22.8 Å². The second kappa shape index (κ2) is 6.46. The molecule has 128 valence electrons. The Kier molecular flexibility index (Phi) is 4.97. The van der Waals surface area contributed by atoms with Crippen molar-refractivity contribution in [2.24, 2.45) is 0 Å². The van der Waals surface area contributed by atoms with E-state index >= 15 is 0 Å². The van der Waals surface area contributed by atoms with Gasteiger partial charge in [-0.15, -0.1) is 0 Å². The molecule has 0 radical (unpaired) electrons. The third-order valence-corrected chi connectivity index (χ3v) is 7.31. The van der Waals surface area contributed by atoms with E-state index in [0.29, 0.717) is 18.7 Å². The predicted octanol–water partition coefficient (Wildman–Crippen LogP) is 0.322. The molecule has 1 fully saturated rings. The van der Waals surface area contributed by atoms with E-state index in [1.165, 1.54) is 35.6 Å². The van der Waals surface area contributed by atoms with Crippen LogP contribution >= 0.6 is 0 Å². The minimum absolute atomic E-state index is 0.00858. The first kappa shape index (κ1) is 17.7. The topological polar surface area (TPSA) is 112 Å². The van der Waals surface area contributed by atoms with Crippen LogP contribution in [0.15, 0.2) is 29.2 Å². The molecule has 1 saturated heterocycles. The Morgan fingerprint density at radius 3 is 2.39 bits per heavy atom. The normalized spacial score (nSPS) is 17.6. The fourth-order valence-corrected chi connectivity index (χ4v) is 5.00. The highest BCUT2D eigenvalue weighted by Crippen LogP contribution is 2.26. The maximum Gasteiger partial charge on any atom is 0.304 e. The SMILES string of the molecule is CN(CCC(=O)O)S(=O)(=O)c1ccc(N2CCCS2(=O)=O)cc1. The minimum Gasteiger partial charge on any atom is -0.481 e. The summed E-state index contributed by atoms with van der Waals surface area (Å²) in [6.07, 6.45) is 0.250. The molecular formula is C13H18N2O6S2. The molecule has 2 rings (SSSR count). The second-order valence-electron chi connectivity index (χ2n) is 5.21. The maximum atomic E-state index is 12.3. The molecular weight excluding hydrogens is 344 g/mol. The number of benzene rings is 1. The molecule has 0 unspecified atom stereocenters. The summed E-state index contributed by atoms with van der Waals surface area (Å²) in [6.45, 7) is 0.243. The zero-order valence-corrected chi connectivity index (χ0v) is 14.2. The third kappa shape index (κ3) is 3.82. The number of carboxylic acid groups (broad SMARTS) is 1. The van der Waals surface area contributed by atoms with Gasteiger partial charge in [-0.3, -0.25) is 9.10 Å². The number of hydrogen-bond acceptors (Lipinski definition) is 5. The van der Waals surface area contributed by atoms with Crippen molar-refractivity contribution < 1.29 is 26.7 Å². The monoisotopic (exact) mass is 362 g/mol. The number of carboxylic acids is 1. The van der Waals surface area contributed by atoms with Crippen molar-refractivity contribution in [3.8, 4) is 0 Å². The summed E-state index contributed by atoms with van der Waals surface area (Å²) in [5.74, 6) is -0.994. The van der Waals surface area contributed by atoms with Gasteiger partial charge in [0.25, 0.3) is 0 Å². The van der Waals surface area contributed by atoms with Gasteiger partial charge < -0.3 is 5.11 Å². The molecule has 0 saturated carbocycles. The Bertz CT molecular complexity index is 786. The van der Waals surface area contributed by atoms with Crippen LogP contribution in [0.4, 0.5) is 5.69 Å². The number of rotatable bonds is 6. The number of hydrogen-bond donors (Lipinski definition) is 1. The van der Waals surface area contributed by atoms with Crippen LogP contribution in [0.5, 0.6) is 0 Å². The third-order valence-electron chi connectivity index (χ3n) is 3.57. The lowest BCUT2D eigenvalue weighted by molar-refractivity contribution is -0.137. The molecule has 23 heavy (non-hydrogen) atoms. The largest absolute Gasteiger partial charge is 0.481 e. The molecule has 0 aliphatic carbocycles. The number of sulfonamides is 2. The fraction of sp³-hybridized carbons (Fsp3) is 0.462. The standard InChI is InChI=1S/C13H18N2O6S2/c1-14(9-7-13(16)17)23(20,21)12-5-3-11(4-6-12)15-8-2-10-22(15,18)19/h3-6H,2,7-10H2,1H3,(H,16,17). The molecule has 1 aliphatic heterocycles. The van der Waals surface area contributed by atoms with E-state index in [-0.39, 0.29) is 23.6 Å². The van der Waals surface area contributed by atoms with Gasteiger partial charge in [-0.05, 0) is 30.7 Å². The average molecular weight is 362 g/mol. The zero-order valence-electron chi connectivity index (χ0n) is 12.5. The Morgan fingerprint density at radius 1 is 1.30 bits per heavy atom. The highest BCUT2D eigenvalue weighted by atomic mass is 32.2. The second-order valence-corrected chi connectivity index (χ2v) is 9.26. The average Bonchev–Trinajstić information content (AvgIpc) is 2.84. The van der Waals surface area contributed by atoms with E-state index in [4.69, 9.17) is 5.11 Å².